The van der Waals surface area contributed by atoms with Crippen LogP contribution in [0.3, 0.4) is 0 Å². The topological polar surface area (TPSA) is 97.7 Å². The number of nitro benzene ring substituents is 1. The van der Waals surface area contributed by atoms with Gasteiger partial charge in [0.15, 0.2) is 0 Å². The molecule has 1 aromatic carbocycles. The average molecular weight is 273 g/mol. The molecule has 0 radical (unpaired) electrons. The molecule has 0 saturated carbocycles. The second-order valence-electron chi connectivity index (χ2n) is 3.89. The van der Waals surface area contributed by atoms with Crippen molar-refractivity contribution in [1.82, 2.24) is 5.43 Å². The Bertz CT molecular complexity index is 662. The second kappa shape index (κ2) is 5.79. The molecule has 2 rings (SSSR count). The summed E-state index contributed by atoms with van der Waals surface area (Å²) in [6, 6.07) is 9.05. The molecular formula is C13H11N3O4. The van der Waals surface area contributed by atoms with Crippen LogP contribution in [0.1, 0.15) is 23.0 Å². The van der Waals surface area contributed by atoms with Gasteiger partial charge in [0.2, 0.25) is 0 Å². The highest BCUT2D eigenvalue weighted by Crippen LogP contribution is 2.17. The van der Waals surface area contributed by atoms with E-state index in [1.807, 2.05) is 0 Å². The smallest absolute Gasteiger partial charge is 0.282 e. The van der Waals surface area contributed by atoms with E-state index in [0.717, 1.165) is 0 Å². The molecule has 0 bridgehead atoms. The summed E-state index contributed by atoms with van der Waals surface area (Å²) in [5, 5.41) is 14.7. The Kier molecular flexibility index (Phi) is 3.90. The summed E-state index contributed by atoms with van der Waals surface area (Å²) in [6.07, 6.45) is 1.48. The number of hydrazone groups is 1. The van der Waals surface area contributed by atoms with E-state index in [1.54, 1.807) is 25.1 Å². The highest BCUT2D eigenvalue weighted by atomic mass is 16.6. The molecule has 0 spiro atoms. The van der Waals surface area contributed by atoms with Crippen molar-refractivity contribution in [3.8, 4) is 0 Å². The zero-order valence-corrected chi connectivity index (χ0v) is 10.6. The number of nitrogens with zero attached hydrogens (tertiary/aromatic N) is 2. The predicted octanol–water partition coefficient (Wildman–Crippen LogP) is 2.34. The Hall–Kier alpha value is -2.96. The van der Waals surface area contributed by atoms with Crippen molar-refractivity contribution in [2.45, 2.75) is 6.92 Å². The Morgan fingerprint density at radius 1 is 1.30 bits per heavy atom. The molecule has 0 fully saturated rings. The summed E-state index contributed by atoms with van der Waals surface area (Å²) in [7, 11) is 0. The van der Waals surface area contributed by atoms with Gasteiger partial charge in [0.25, 0.3) is 11.6 Å². The summed E-state index contributed by atoms with van der Waals surface area (Å²) in [4.78, 5) is 22.1. The minimum atomic E-state index is -0.650. The number of nitrogens with one attached hydrogen (secondary N) is 1. The van der Waals surface area contributed by atoms with E-state index in [2.05, 4.69) is 10.5 Å². The molecule has 0 unspecified atom stereocenters. The van der Waals surface area contributed by atoms with Gasteiger partial charge in [-0.25, -0.2) is 5.43 Å². The molecule has 102 valence electrons. The lowest BCUT2D eigenvalue weighted by molar-refractivity contribution is -0.385. The van der Waals surface area contributed by atoms with Crippen LogP contribution in [0.4, 0.5) is 5.69 Å². The van der Waals surface area contributed by atoms with Crippen molar-refractivity contribution in [3.63, 3.8) is 0 Å². The zero-order valence-electron chi connectivity index (χ0n) is 10.6. The van der Waals surface area contributed by atoms with Gasteiger partial charge in [-0.2, -0.15) is 5.10 Å². The molecule has 0 aliphatic carbocycles. The van der Waals surface area contributed by atoms with E-state index in [-0.39, 0.29) is 11.3 Å². The summed E-state index contributed by atoms with van der Waals surface area (Å²) in [5.41, 5.74) is 2.41. The molecule has 20 heavy (non-hydrogen) atoms. The molecule has 0 aliphatic heterocycles. The highest BCUT2D eigenvalue weighted by Gasteiger charge is 2.18. The Balaban J connectivity index is 2.17. The first kappa shape index (κ1) is 13.5. The quantitative estimate of drug-likeness (QED) is 0.525. The first-order valence-electron chi connectivity index (χ1n) is 5.71. The fraction of sp³-hybridized carbons (Fsp3) is 0.0769. The number of carbonyl (C=O) groups is 1. The normalized spacial score (nSPS) is 11.2. The fourth-order valence-corrected chi connectivity index (χ4v) is 1.56. The molecule has 0 saturated heterocycles. The zero-order chi connectivity index (χ0) is 14.5. The molecule has 1 amide bonds. The van der Waals surface area contributed by atoms with Gasteiger partial charge >= 0.3 is 0 Å². The number of hydrogen-bond acceptors (Lipinski definition) is 5. The van der Waals surface area contributed by atoms with Crippen LogP contribution in [0.2, 0.25) is 0 Å². The molecule has 1 N–H and O–H groups in total. The Labute approximate surface area is 114 Å². The predicted molar refractivity (Wildman–Crippen MR) is 71.5 cm³/mol. The summed E-state index contributed by atoms with van der Waals surface area (Å²) in [5.74, 6) is -0.143. The van der Waals surface area contributed by atoms with E-state index < -0.39 is 10.8 Å². The molecule has 0 aliphatic rings. The lowest BCUT2D eigenvalue weighted by atomic mass is 10.2. The van der Waals surface area contributed by atoms with Gasteiger partial charge < -0.3 is 4.42 Å². The van der Waals surface area contributed by atoms with Gasteiger partial charge in [0.1, 0.15) is 17.0 Å². The second-order valence-corrected chi connectivity index (χ2v) is 3.89. The number of furan rings is 1. The van der Waals surface area contributed by atoms with Crippen molar-refractivity contribution in [2.24, 2.45) is 5.10 Å². The van der Waals surface area contributed by atoms with Crippen molar-refractivity contribution >= 4 is 17.3 Å². The summed E-state index contributed by atoms with van der Waals surface area (Å²) < 4.78 is 5.10. The highest BCUT2D eigenvalue weighted by molar-refractivity contribution is 6.00. The van der Waals surface area contributed by atoms with Crippen molar-refractivity contribution < 1.29 is 14.1 Å². The maximum absolute atomic E-state index is 11.9. The van der Waals surface area contributed by atoms with E-state index in [9.17, 15) is 14.9 Å². The van der Waals surface area contributed by atoms with Crippen LogP contribution in [0.25, 0.3) is 0 Å². The lowest BCUT2D eigenvalue weighted by Gasteiger charge is -2.02. The van der Waals surface area contributed by atoms with Crippen LogP contribution in [0.5, 0.6) is 0 Å². The third-order valence-electron chi connectivity index (χ3n) is 2.55. The lowest BCUT2D eigenvalue weighted by Crippen LogP contribution is -2.20. The van der Waals surface area contributed by atoms with Gasteiger partial charge in [0.05, 0.1) is 11.2 Å². The number of rotatable bonds is 4. The van der Waals surface area contributed by atoms with Crippen LogP contribution in [0.15, 0.2) is 52.2 Å². The molecule has 1 heterocycles. The van der Waals surface area contributed by atoms with Gasteiger partial charge in [-0.1, -0.05) is 12.1 Å². The van der Waals surface area contributed by atoms with E-state index in [1.165, 1.54) is 24.5 Å². The first-order valence-corrected chi connectivity index (χ1v) is 5.71. The first-order chi connectivity index (χ1) is 9.59. The standard InChI is InChI=1S/C13H11N3O4/c1-9(12-7-4-8-20-12)14-15-13(17)10-5-2-3-6-11(10)16(18)19/h2-8H,1H3,(H,15,17)/b14-9-. The minimum absolute atomic E-state index is 0.0477. The van der Waals surface area contributed by atoms with Gasteiger partial charge in [-0.15, -0.1) is 0 Å². The molecule has 7 nitrogen and oxygen atoms in total. The maximum Gasteiger partial charge on any atom is 0.282 e. The summed E-state index contributed by atoms with van der Waals surface area (Å²) >= 11 is 0. The molecule has 1 aromatic heterocycles. The average Bonchev–Trinajstić information content (AvgIpc) is 2.98. The van der Waals surface area contributed by atoms with Gasteiger partial charge in [-0.05, 0) is 25.1 Å². The Morgan fingerprint density at radius 2 is 2.05 bits per heavy atom. The third kappa shape index (κ3) is 2.89. The monoisotopic (exact) mass is 273 g/mol. The fourth-order valence-electron chi connectivity index (χ4n) is 1.56. The number of para-hydroxylation sites is 1. The number of benzene rings is 1. The van der Waals surface area contributed by atoms with Crippen LogP contribution in [-0.4, -0.2) is 16.5 Å². The van der Waals surface area contributed by atoms with Crippen molar-refractivity contribution in [3.05, 3.63) is 64.1 Å². The molecular weight excluding hydrogens is 262 g/mol. The largest absolute Gasteiger partial charge is 0.463 e. The van der Waals surface area contributed by atoms with E-state index in [4.69, 9.17) is 4.42 Å². The van der Waals surface area contributed by atoms with Crippen LogP contribution >= 0.6 is 0 Å². The van der Waals surface area contributed by atoms with Gasteiger partial charge in [0, 0.05) is 6.07 Å². The SMILES string of the molecule is C/C(=N/NC(=O)c1ccccc1[N+](=O)[O-])c1ccco1. The Morgan fingerprint density at radius 3 is 2.70 bits per heavy atom. The number of carbonyl (C=O) groups excluding carboxylic acids is 1. The molecule has 2 aromatic rings. The number of hydrogen-bond donors (Lipinski definition) is 1. The maximum atomic E-state index is 11.9. The van der Waals surface area contributed by atoms with Crippen molar-refractivity contribution in [1.29, 1.82) is 0 Å². The van der Waals surface area contributed by atoms with E-state index >= 15 is 0 Å². The van der Waals surface area contributed by atoms with Crippen molar-refractivity contribution in [2.75, 3.05) is 0 Å². The van der Waals surface area contributed by atoms with Gasteiger partial charge in [-0.3, -0.25) is 14.9 Å². The molecule has 0 atom stereocenters. The molecule has 7 heteroatoms. The van der Waals surface area contributed by atoms with Crippen LogP contribution < -0.4 is 5.43 Å². The van der Waals surface area contributed by atoms with E-state index in [0.29, 0.717) is 11.5 Å². The summed E-state index contributed by atoms with van der Waals surface area (Å²) in [6.45, 7) is 1.65. The van der Waals surface area contributed by atoms with Crippen LogP contribution in [0, 0.1) is 10.1 Å². The number of nitro groups is 1. The van der Waals surface area contributed by atoms with Crippen LogP contribution in [-0.2, 0) is 0 Å². The number of amides is 1. The third-order valence-corrected chi connectivity index (χ3v) is 2.55. The minimum Gasteiger partial charge on any atom is -0.463 e.